The molecule has 1 aromatic carbocycles. The van der Waals surface area contributed by atoms with Crippen LogP contribution < -0.4 is 0 Å². The topological polar surface area (TPSA) is 45.8 Å². The van der Waals surface area contributed by atoms with Crippen molar-refractivity contribution in [3.05, 3.63) is 52.7 Å². The molecule has 0 radical (unpaired) electrons. The molecule has 0 aliphatic rings. The summed E-state index contributed by atoms with van der Waals surface area (Å²) >= 11 is 6.01. The standard InChI is InChI=1S/C14H7ClF2N2O/c15-10-1-2-18-14-8(10)5-13(19-14)7-3-11(16)9(6-20)12(17)4-7/h1-6H,(H,18,19). The molecule has 0 bridgehead atoms. The van der Waals surface area contributed by atoms with E-state index >= 15 is 0 Å². The number of benzene rings is 1. The van der Waals surface area contributed by atoms with Crippen LogP contribution >= 0.6 is 11.6 Å². The number of aldehydes is 1. The molecule has 2 heterocycles. The Balaban J connectivity index is 2.21. The Bertz CT molecular complexity index is 806. The smallest absolute Gasteiger partial charge is 0.155 e. The lowest BCUT2D eigenvalue weighted by molar-refractivity contribution is 0.111. The van der Waals surface area contributed by atoms with E-state index in [0.717, 1.165) is 12.1 Å². The van der Waals surface area contributed by atoms with E-state index in [9.17, 15) is 13.6 Å². The maximum absolute atomic E-state index is 13.6. The summed E-state index contributed by atoms with van der Waals surface area (Å²) in [4.78, 5) is 17.6. The number of rotatable bonds is 2. The van der Waals surface area contributed by atoms with Crippen molar-refractivity contribution < 1.29 is 13.6 Å². The normalized spacial score (nSPS) is 10.9. The van der Waals surface area contributed by atoms with Crippen LogP contribution in [0.5, 0.6) is 0 Å². The summed E-state index contributed by atoms with van der Waals surface area (Å²) in [7, 11) is 0. The van der Waals surface area contributed by atoms with E-state index in [1.807, 2.05) is 0 Å². The molecule has 1 N–H and O–H groups in total. The average Bonchev–Trinajstić information content (AvgIpc) is 2.84. The molecule has 100 valence electrons. The number of carbonyl (C=O) groups is 1. The molecule has 0 atom stereocenters. The van der Waals surface area contributed by atoms with E-state index in [1.54, 1.807) is 12.1 Å². The highest BCUT2D eigenvalue weighted by molar-refractivity contribution is 6.35. The average molecular weight is 293 g/mol. The molecule has 0 amide bonds. The van der Waals surface area contributed by atoms with Gasteiger partial charge in [-0.3, -0.25) is 4.79 Å². The number of carbonyl (C=O) groups excluding carboxylic acids is 1. The van der Waals surface area contributed by atoms with Crippen LogP contribution in [0, 0.1) is 11.6 Å². The molecular formula is C14H7ClF2N2O. The summed E-state index contributed by atoms with van der Waals surface area (Å²) < 4.78 is 27.2. The molecule has 0 saturated heterocycles. The van der Waals surface area contributed by atoms with Gasteiger partial charge in [-0.15, -0.1) is 0 Å². The first-order chi connectivity index (χ1) is 9.60. The Kier molecular flexibility index (Phi) is 2.99. The summed E-state index contributed by atoms with van der Waals surface area (Å²) in [6.07, 6.45) is 1.68. The van der Waals surface area contributed by atoms with E-state index in [2.05, 4.69) is 9.97 Å². The van der Waals surface area contributed by atoms with Crippen molar-refractivity contribution in [2.24, 2.45) is 0 Å². The van der Waals surface area contributed by atoms with E-state index in [0.29, 0.717) is 21.7 Å². The highest BCUT2D eigenvalue weighted by atomic mass is 35.5. The summed E-state index contributed by atoms with van der Waals surface area (Å²) in [6.45, 7) is 0. The fraction of sp³-hybridized carbons (Fsp3) is 0. The summed E-state index contributed by atoms with van der Waals surface area (Å²) in [5.41, 5.74) is 0.685. The quantitative estimate of drug-likeness (QED) is 0.726. The van der Waals surface area contributed by atoms with Crippen LogP contribution in [0.25, 0.3) is 22.3 Å². The van der Waals surface area contributed by atoms with Gasteiger partial charge in [-0.05, 0) is 24.3 Å². The van der Waals surface area contributed by atoms with Gasteiger partial charge in [0.2, 0.25) is 0 Å². The van der Waals surface area contributed by atoms with Gasteiger partial charge in [0.15, 0.2) is 6.29 Å². The van der Waals surface area contributed by atoms with Gasteiger partial charge in [0, 0.05) is 22.8 Å². The van der Waals surface area contributed by atoms with Crippen LogP contribution in [0.2, 0.25) is 5.02 Å². The van der Waals surface area contributed by atoms with Crippen molar-refractivity contribution in [1.29, 1.82) is 0 Å². The second-order valence-electron chi connectivity index (χ2n) is 4.21. The first kappa shape index (κ1) is 12.7. The molecular weight excluding hydrogens is 286 g/mol. The fourth-order valence-corrected chi connectivity index (χ4v) is 2.20. The lowest BCUT2D eigenvalue weighted by Crippen LogP contribution is -1.94. The first-order valence-electron chi connectivity index (χ1n) is 5.68. The number of halogens is 3. The summed E-state index contributed by atoms with van der Waals surface area (Å²) in [5, 5.41) is 1.15. The Labute approximate surface area is 117 Å². The zero-order valence-electron chi connectivity index (χ0n) is 9.95. The minimum absolute atomic E-state index is 0.151. The number of hydrogen-bond acceptors (Lipinski definition) is 2. The van der Waals surface area contributed by atoms with Gasteiger partial charge in [0.1, 0.15) is 17.3 Å². The summed E-state index contributed by atoms with van der Waals surface area (Å²) in [6, 6.07) is 5.45. The van der Waals surface area contributed by atoms with Crippen molar-refractivity contribution in [1.82, 2.24) is 9.97 Å². The molecule has 0 aliphatic carbocycles. The second kappa shape index (κ2) is 4.68. The first-order valence-corrected chi connectivity index (χ1v) is 6.06. The SMILES string of the molecule is O=Cc1c(F)cc(-c2cc3c(Cl)ccnc3[nH]2)cc1F. The third-order valence-electron chi connectivity index (χ3n) is 2.99. The minimum Gasteiger partial charge on any atom is -0.339 e. The molecule has 0 aliphatic heterocycles. The lowest BCUT2D eigenvalue weighted by atomic mass is 10.1. The lowest BCUT2D eigenvalue weighted by Gasteiger charge is -2.02. The van der Waals surface area contributed by atoms with Gasteiger partial charge in [-0.1, -0.05) is 11.6 Å². The molecule has 0 saturated carbocycles. The summed E-state index contributed by atoms with van der Waals surface area (Å²) in [5.74, 6) is -1.82. The molecule has 3 aromatic rings. The predicted molar refractivity (Wildman–Crippen MR) is 71.8 cm³/mol. The van der Waals surface area contributed by atoms with Crippen LogP contribution in [0.15, 0.2) is 30.5 Å². The number of aromatic amines is 1. The van der Waals surface area contributed by atoms with Crippen molar-refractivity contribution in [2.45, 2.75) is 0 Å². The number of aromatic nitrogens is 2. The molecule has 2 aromatic heterocycles. The van der Waals surface area contributed by atoms with Crippen LogP contribution in [-0.2, 0) is 0 Å². The van der Waals surface area contributed by atoms with E-state index in [-0.39, 0.29) is 11.8 Å². The number of pyridine rings is 1. The fourth-order valence-electron chi connectivity index (χ4n) is 2.00. The van der Waals surface area contributed by atoms with Crippen LogP contribution in [0.1, 0.15) is 10.4 Å². The predicted octanol–water partition coefficient (Wildman–Crippen LogP) is 3.97. The maximum atomic E-state index is 13.6. The molecule has 3 rings (SSSR count). The molecule has 0 fully saturated rings. The molecule has 3 nitrogen and oxygen atoms in total. The van der Waals surface area contributed by atoms with Crippen molar-refractivity contribution in [3.63, 3.8) is 0 Å². The number of fused-ring (bicyclic) bond motifs is 1. The third kappa shape index (κ3) is 1.96. The van der Waals surface area contributed by atoms with Gasteiger partial charge >= 0.3 is 0 Å². The Morgan fingerprint density at radius 2 is 1.90 bits per heavy atom. The highest BCUT2D eigenvalue weighted by Gasteiger charge is 2.13. The van der Waals surface area contributed by atoms with Crippen LogP contribution in [-0.4, -0.2) is 16.3 Å². The van der Waals surface area contributed by atoms with Crippen molar-refractivity contribution >= 4 is 28.9 Å². The Morgan fingerprint density at radius 3 is 2.50 bits per heavy atom. The van der Waals surface area contributed by atoms with Gasteiger partial charge in [0.05, 0.1) is 10.6 Å². The van der Waals surface area contributed by atoms with Gasteiger partial charge in [-0.2, -0.15) is 0 Å². The van der Waals surface area contributed by atoms with E-state index in [4.69, 9.17) is 11.6 Å². The molecule has 0 unspecified atom stereocenters. The van der Waals surface area contributed by atoms with Gasteiger partial charge in [0.25, 0.3) is 0 Å². The number of H-pyrrole nitrogens is 1. The largest absolute Gasteiger partial charge is 0.339 e. The van der Waals surface area contributed by atoms with Crippen molar-refractivity contribution in [2.75, 3.05) is 0 Å². The van der Waals surface area contributed by atoms with Crippen molar-refractivity contribution in [3.8, 4) is 11.3 Å². The Morgan fingerprint density at radius 1 is 1.20 bits per heavy atom. The van der Waals surface area contributed by atoms with Crippen LogP contribution in [0.3, 0.4) is 0 Å². The number of hydrogen-bond donors (Lipinski definition) is 1. The van der Waals surface area contributed by atoms with Crippen LogP contribution in [0.4, 0.5) is 8.78 Å². The van der Waals surface area contributed by atoms with E-state index < -0.39 is 17.2 Å². The van der Waals surface area contributed by atoms with E-state index in [1.165, 1.54) is 6.20 Å². The number of nitrogens with one attached hydrogen (secondary N) is 1. The third-order valence-corrected chi connectivity index (χ3v) is 3.32. The highest BCUT2D eigenvalue weighted by Crippen LogP contribution is 2.29. The molecule has 6 heteroatoms. The zero-order chi connectivity index (χ0) is 14.3. The minimum atomic E-state index is -0.910. The molecule has 20 heavy (non-hydrogen) atoms. The maximum Gasteiger partial charge on any atom is 0.155 e. The molecule has 0 spiro atoms. The van der Waals surface area contributed by atoms with Gasteiger partial charge in [-0.25, -0.2) is 13.8 Å². The zero-order valence-corrected chi connectivity index (χ0v) is 10.7. The number of nitrogens with zero attached hydrogens (tertiary/aromatic N) is 1. The van der Waals surface area contributed by atoms with Gasteiger partial charge < -0.3 is 4.98 Å². The second-order valence-corrected chi connectivity index (χ2v) is 4.62. The monoisotopic (exact) mass is 292 g/mol. The Hall–Kier alpha value is -2.27.